The number of hydrogen-bond donors (Lipinski definition) is 0. The third-order valence-electron chi connectivity index (χ3n) is 10.9. The van der Waals surface area contributed by atoms with Crippen LogP contribution in [0.5, 0.6) is 0 Å². The maximum Gasteiger partial charge on any atom is 0.0273 e. The van der Waals surface area contributed by atoms with Crippen LogP contribution in [0.2, 0.25) is 0 Å². The molecule has 0 aliphatic rings. The van der Waals surface area contributed by atoms with Gasteiger partial charge in [-0.2, -0.15) is 0 Å². The Morgan fingerprint density at radius 1 is 0.214 bits per heavy atom. The van der Waals surface area contributed by atoms with Gasteiger partial charge in [0, 0.05) is 24.8 Å². The second-order valence-corrected chi connectivity index (χ2v) is 14.1. The van der Waals surface area contributed by atoms with Crippen molar-refractivity contribution in [3.63, 3.8) is 0 Å². The molecule has 0 amide bonds. The molecule has 2 heteroatoms. The van der Waals surface area contributed by atoms with Crippen LogP contribution in [-0.4, -0.2) is 9.97 Å². The van der Waals surface area contributed by atoms with Crippen molar-refractivity contribution in [1.29, 1.82) is 0 Å². The molecule has 0 fully saturated rings. The van der Waals surface area contributed by atoms with Gasteiger partial charge in [0.25, 0.3) is 0 Å². The highest BCUT2D eigenvalue weighted by Gasteiger charge is 2.20. The van der Waals surface area contributed by atoms with Gasteiger partial charge >= 0.3 is 0 Å². The zero-order valence-electron chi connectivity index (χ0n) is 30.7. The lowest BCUT2D eigenvalue weighted by Gasteiger charge is -2.21. The highest BCUT2D eigenvalue weighted by atomic mass is 14.6. The van der Waals surface area contributed by atoms with Crippen molar-refractivity contribution in [2.75, 3.05) is 0 Å². The maximum atomic E-state index is 4.24. The van der Waals surface area contributed by atoms with E-state index < -0.39 is 0 Å². The van der Waals surface area contributed by atoms with Crippen LogP contribution in [0.1, 0.15) is 0 Å². The van der Waals surface area contributed by atoms with Crippen LogP contribution in [0, 0.1) is 0 Å². The Morgan fingerprint density at radius 2 is 0.589 bits per heavy atom. The first-order chi connectivity index (χ1) is 27.8. The van der Waals surface area contributed by atoms with E-state index in [1.807, 2.05) is 24.8 Å². The number of hydrogen-bond acceptors (Lipinski definition) is 2. The van der Waals surface area contributed by atoms with Gasteiger partial charge in [-0.3, -0.25) is 9.97 Å². The number of fused-ring (bicyclic) bond motifs is 2. The number of nitrogens with zero attached hydrogens (tertiary/aromatic N) is 2. The monoisotopic (exact) mass is 712 g/mol. The van der Waals surface area contributed by atoms with Gasteiger partial charge in [-0.25, -0.2) is 0 Å². The van der Waals surface area contributed by atoms with Gasteiger partial charge in [-0.1, -0.05) is 164 Å². The summed E-state index contributed by atoms with van der Waals surface area (Å²) in [5.41, 5.74) is 16.7. The van der Waals surface area contributed by atoms with Crippen molar-refractivity contribution in [2.45, 2.75) is 0 Å². The molecule has 0 atom stereocenters. The van der Waals surface area contributed by atoms with E-state index in [9.17, 15) is 0 Å². The van der Waals surface area contributed by atoms with Gasteiger partial charge in [0.2, 0.25) is 0 Å². The minimum Gasteiger partial charge on any atom is -0.265 e. The van der Waals surface area contributed by atoms with Gasteiger partial charge in [0.15, 0.2) is 0 Å². The summed E-state index contributed by atoms with van der Waals surface area (Å²) in [5, 5.41) is 4.89. The maximum absolute atomic E-state index is 4.24. The Balaban J connectivity index is 1.26. The fraction of sp³-hybridized carbons (Fsp3) is 0. The lowest BCUT2D eigenvalue weighted by atomic mass is 9.82. The average molecular weight is 713 g/mol. The van der Waals surface area contributed by atoms with E-state index in [0.717, 1.165) is 11.1 Å². The van der Waals surface area contributed by atoms with E-state index in [-0.39, 0.29) is 0 Å². The fourth-order valence-corrected chi connectivity index (χ4v) is 8.28. The van der Waals surface area contributed by atoms with E-state index in [1.165, 1.54) is 88.3 Å². The molecule has 0 aliphatic carbocycles. The molecule has 0 radical (unpaired) electrons. The predicted molar refractivity (Wildman–Crippen MR) is 235 cm³/mol. The summed E-state index contributed by atoms with van der Waals surface area (Å²) in [6.45, 7) is 0. The first-order valence-electron chi connectivity index (χ1n) is 19.0. The van der Waals surface area contributed by atoms with E-state index in [4.69, 9.17) is 0 Å². The van der Waals surface area contributed by atoms with Gasteiger partial charge < -0.3 is 0 Å². The quantitative estimate of drug-likeness (QED) is 0.154. The largest absolute Gasteiger partial charge is 0.265 e. The third-order valence-corrected chi connectivity index (χ3v) is 10.9. The second kappa shape index (κ2) is 14.4. The van der Waals surface area contributed by atoms with E-state index >= 15 is 0 Å². The van der Waals surface area contributed by atoms with Crippen LogP contribution in [0.15, 0.2) is 219 Å². The van der Waals surface area contributed by atoms with E-state index in [2.05, 4.69) is 204 Å². The van der Waals surface area contributed by atoms with Crippen molar-refractivity contribution in [3.05, 3.63) is 219 Å². The normalized spacial score (nSPS) is 11.2. The van der Waals surface area contributed by atoms with Crippen LogP contribution in [0.3, 0.4) is 0 Å². The fourth-order valence-electron chi connectivity index (χ4n) is 8.28. The summed E-state index contributed by atoms with van der Waals surface area (Å²) < 4.78 is 0. The Hall–Kier alpha value is -7.42. The standard InChI is InChI=1S/C54H36N2/c1-3-10-41(11-4-1)46-16-9-17-47(42-12-5-2-6-13-42)54(46)45-26-27-50-51(36-45)53(44-24-20-38(21-25-44)40-30-34-56-35-31-40)49-15-8-7-14-48(49)52(50)43-22-18-37(19-23-43)39-28-32-55-33-29-39/h1-36H. The second-order valence-electron chi connectivity index (χ2n) is 14.1. The van der Waals surface area contributed by atoms with Crippen molar-refractivity contribution in [1.82, 2.24) is 9.97 Å². The SMILES string of the molecule is c1ccc(-c2cccc(-c3ccccc3)c2-c2ccc3c(-c4ccc(-c5ccncc5)cc4)c4ccccc4c(-c4ccc(-c5ccncc5)cc4)c3c2)cc1. The van der Waals surface area contributed by atoms with Crippen molar-refractivity contribution >= 4 is 21.5 Å². The molecule has 2 heterocycles. The molecule has 262 valence electrons. The summed E-state index contributed by atoms with van der Waals surface area (Å²) in [7, 11) is 0. The van der Waals surface area contributed by atoms with Crippen molar-refractivity contribution < 1.29 is 0 Å². The minimum atomic E-state index is 1.15. The average Bonchev–Trinajstić information content (AvgIpc) is 3.29. The molecule has 56 heavy (non-hydrogen) atoms. The first-order valence-corrected chi connectivity index (χ1v) is 19.0. The van der Waals surface area contributed by atoms with Gasteiger partial charge in [0.05, 0.1) is 0 Å². The molecule has 0 N–H and O–H groups in total. The van der Waals surface area contributed by atoms with Crippen molar-refractivity contribution in [3.8, 4) is 77.9 Å². The van der Waals surface area contributed by atoms with Crippen LogP contribution < -0.4 is 0 Å². The Labute approximate surface area is 327 Å². The minimum absolute atomic E-state index is 1.15. The molecular formula is C54H36N2. The summed E-state index contributed by atoms with van der Waals surface area (Å²) in [4.78, 5) is 8.47. The van der Waals surface area contributed by atoms with E-state index in [0.29, 0.717) is 0 Å². The molecule has 2 nitrogen and oxygen atoms in total. The number of aromatic nitrogens is 2. The molecule has 0 saturated heterocycles. The van der Waals surface area contributed by atoms with Gasteiger partial charge in [-0.15, -0.1) is 0 Å². The number of benzene rings is 8. The summed E-state index contributed by atoms with van der Waals surface area (Å²) >= 11 is 0. The molecule has 2 aromatic heterocycles. The molecule has 0 saturated carbocycles. The zero-order valence-corrected chi connectivity index (χ0v) is 30.7. The van der Waals surface area contributed by atoms with Crippen LogP contribution in [0.25, 0.3) is 99.4 Å². The predicted octanol–water partition coefficient (Wildman–Crippen LogP) is 14.5. The Kier molecular flexibility index (Phi) is 8.55. The number of pyridine rings is 2. The Bertz CT molecular complexity index is 2900. The summed E-state index contributed by atoms with van der Waals surface area (Å²) in [6.07, 6.45) is 7.41. The van der Waals surface area contributed by atoms with Crippen molar-refractivity contribution in [2.24, 2.45) is 0 Å². The molecule has 0 bridgehead atoms. The molecule has 0 unspecified atom stereocenters. The smallest absolute Gasteiger partial charge is 0.0273 e. The Morgan fingerprint density at radius 3 is 1.07 bits per heavy atom. The molecule has 10 rings (SSSR count). The van der Waals surface area contributed by atoms with Crippen LogP contribution >= 0.6 is 0 Å². The van der Waals surface area contributed by atoms with Crippen LogP contribution in [0.4, 0.5) is 0 Å². The lowest BCUT2D eigenvalue weighted by Crippen LogP contribution is -1.94. The van der Waals surface area contributed by atoms with E-state index in [1.54, 1.807) is 0 Å². The zero-order chi connectivity index (χ0) is 37.3. The lowest BCUT2D eigenvalue weighted by molar-refractivity contribution is 1.33. The molecule has 0 aliphatic heterocycles. The summed E-state index contributed by atoms with van der Waals surface area (Å²) in [6, 6.07) is 70.5. The van der Waals surface area contributed by atoms with Crippen LogP contribution in [-0.2, 0) is 0 Å². The van der Waals surface area contributed by atoms with Gasteiger partial charge in [-0.05, 0) is 130 Å². The molecule has 0 spiro atoms. The molecule has 10 aromatic rings. The molecule has 8 aromatic carbocycles. The highest BCUT2D eigenvalue weighted by molar-refractivity contribution is 6.22. The molecular weight excluding hydrogens is 677 g/mol. The highest BCUT2D eigenvalue weighted by Crippen LogP contribution is 2.47. The topological polar surface area (TPSA) is 25.8 Å². The third kappa shape index (κ3) is 6.04. The first kappa shape index (κ1) is 33.2. The number of rotatable bonds is 7. The summed E-state index contributed by atoms with van der Waals surface area (Å²) in [5.74, 6) is 0. The van der Waals surface area contributed by atoms with Gasteiger partial charge in [0.1, 0.15) is 0 Å².